The van der Waals surface area contributed by atoms with Gasteiger partial charge in [-0.2, -0.15) is 0 Å². The van der Waals surface area contributed by atoms with Crippen LogP contribution in [0.25, 0.3) is 21.9 Å². The molecule has 0 aliphatic carbocycles. The van der Waals surface area contributed by atoms with Crippen molar-refractivity contribution in [3.63, 3.8) is 0 Å². The number of rotatable bonds is 3. The Balaban J connectivity index is 1.84. The number of aromatic nitrogens is 3. The average Bonchev–Trinajstić information content (AvgIpc) is 2.94. The minimum absolute atomic E-state index is 0.496. The van der Waals surface area contributed by atoms with E-state index >= 15 is 0 Å². The first-order chi connectivity index (χ1) is 11.2. The van der Waals surface area contributed by atoms with Gasteiger partial charge in [0, 0.05) is 16.6 Å². The molecular formula is C19H18N4. The lowest BCUT2D eigenvalue weighted by Crippen LogP contribution is -1.96. The zero-order valence-corrected chi connectivity index (χ0v) is 13.2. The number of para-hydroxylation sites is 1. The Labute approximate surface area is 134 Å². The number of nitrogens with zero attached hydrogens (tertiary/aromatic N) is 2. The Kier molecular flexibility index (Phi) is 3.23. The van der Waals surface area contributed by atoms with Crippen LogP contribution in [0.3, 0.4) is 0 Å². The maximum atomic E-state index is 4.46. The Morgan fingerprint density at radius 1 is 1.00 bits per heavy atom. The highest BCUT2D eigenvalue weighted by molar-refractivity contribution is 6.11. The fraction of sp³-hybridized carbons (Fsp3) is 0.158. The molecule has 0 amide bonds. The second-order valence-electron chi connectivity index (χ2n) is 6.02. The van der Waals surface area contributed by atoms with Gasteiger partial charge < -0.3 is 10.3 Å². The molecule has 0 saturated carbocycles. The van der Waals surface area contributed by atoms with Crippen molar-refractivity contribution in [3.8, 4) is 0 Å². The predicted octanol–water partition coefficient (Wildman–Crippen LogP) is 4.98. The first-order valence-electron chi connectivity index (χ1n) is 7.81. The van der Waals surface area contributed by atoms with Gasteiger partial charge in [-0.25, -0.2) is 9.97 Å². The van der Waals surface area contributed by atoms with Crippen LogP contribution in [0.5, 0.6) is 0 Å². The van der Waals surface area contributed by atoms with E-state index in [4.69, 9.17) is 0 Å². The molecule has 0 fully saturated rings. The summed E-state index contributed by atoms with van der Waals surface area (Å²) in [7, 11) is 0. The molecule has 0 spiro atoms. The number of hydrogen-bond donors (Lipinski definition) is 2. The van der Waals surface area contributed by atoms with E-state index in [1.807, 2.05) is 12.1 Å². The van der Waals surface area contributed by atoms with Gasteiger partial charge in [0.25, 0.3) is 0 Å². The van der Waals surface area contributed by atoms with Crippen LogP contribution >= 0.6 is 0 Å². The van der Waals surface area contributed by atoms with Gasteiger partial charge >= 0.3 is 0 Å². The van der Waals surface area contributed by atoms with Crippen molar-refractivity contribution in [2.24, 2.45) is 0 Å². The van der Waals surface area contributed by atoms with Crippen LogP contribution in [-0.2, 0) is 0 Å². The zero-order chi connectivity index (χ0) is 15.8. The van der Waals surface area contributed by atoms with Gasteiger partial charge in [0.2, 0.25) is 0 Å². The van der Waals surface area contributed by atoms with E-state index in [1.54, 1.807) is 6.33 Å². The molecule has 2 aromatic heterocycles. The molecule has 4 heteroatoms. The molecule has 0 bridgehead atoms. The summed E-state index contributed by atoms with van der Waals surface area (Å²) in [4.78, 5) is 12.2. The van der Waals surface area contributed by atoms with Gasteiger partial charge in [0.15, 0.2) is 0 Å². The maximum absolute atomic E-state index is 4.46. The van der Waals surface area contributed by atoms with Crippen LogP contribution in [0, 0.1) is 0 Å². The van der Waals surface area contributed by atoms with Crippen LogP contribution in [0.2, 0.25) is 0 Å². The molecule has 2 aromatic carbocycles. The third-order valence-corrected chi connectivity index (χ3v) is 4.11. The lowest BCUT2D eigenvalue weighted by atomic mass is 10.0. The molecule has 0 radical (unpaired) electrons. The quantitative estimate of drug-likeness (QED) is 0.561. The molecule has 4 nitrogen and oxygen atoms in total. The number of nitrogens with one attached hydrogen (secondary N) is 2. The van der Waals surface area contributed by atoms with E-state index in [2.05, 4.69) is 70.5 Å². The number of fused-ring (bicyclic) bond motifs is 3. The van der Waals surface area contributed by atoms with Crippen molar-refractivity contribution in [1.82, 2.24) is 15.0 Å². The van der Waals surface area contributed by atoms with Crippen molar-refractivity contribution in [2.45, 2.75) is 19.8 Å². The SMILES string of the molecule is CC(C)c1cccc(Nc2ncnc3[nH]c4ccccc4c23)c1. The van der Waals surface area contributed by atoms with Crippen molar-refractivity contribution >= 4 is 33.4 Å². The van der Waals surface area contributed by atoms with Gasteiger partial charge in [-0.15, -0.1) is 0 Å². The van der Waals surface area contributed by atoms with E-state index in [-0.39, 0.29) is 0 Å². The normalized spacial score (nSPS) is 11.4. The summed E-state index contributed by atoms with van der Waals surface area (Å²) in [6.07, 6.45) is 1.59. The van der Waals surface area contributed by atoms with Crippen LogP contribution in [0.4, 0.5) is 11.5 Å². The Hall–Kier alpha value is -2.88. The van der Waals surface area contributed by atoms with Crippen molar-refractivity contribution in [1.29, 1.82) is 0 Å². The highest BCUT2D eigenvalue weighted by Crippen LogP contribution is 2.30. The summed E-state index contributed by atoms with van der Waals surface area (Å²) in [5.41, 5.74) is 4.27. The van der Waals surface area contributed by atoms with Crippen molar-refractivity contribution in [3.05, 3.63) is 60.4 Å². The van der Waals surface area contributed by atoms with E-state index in [1.165, 1.54) is 5.56 Å². The molecule has 0 aliphatic heterocycles. The molecule has 4 aromatic rings. The van der Waals surface area contributed by atoms with E-state index in [0.717, 1.165) is 33.4 Å². The van der Waals surface area contributed by atoms with Crippen LogP contribution in [0.15, 0.2) is 54.9 Å². The molecule has 4 rings (SSSR count). The molecule has 0 atom stereocenters. The predicted molar refractivity (Wildman–Crippen MR) is 95.2 cm³/mol. The zero-order valence-electron chi connectivity index (χ0n) is 13.2. The average molecular weight is 302 g/mol. The maximum Gasteiger partial charge on any atom is 0.143 e. The topological polar surface area (TPSA) is 53.6 Å². The van der Waals surface area contributed by atoms with Crippen molar-refractivity contribution in [2.75, 3.05) is 5.32 Å². The number of benzene rings is 2. The third-order valence-electron chi connectivity index (χ3n) is 4.11. The Morgan fingerprint density at radius 3 is 2.74 bits per heavy atom. The number of H-pyrrole nitrogens is 1. The molecular weight excluding hydrogens is 284 g/mol. The Morgan fingerprint density at radius 2 is 1.87 bits per heavy atom. The lowest BCUT2D eigenvalue weighted by molar-refractivity contribution is 0.867. The number of anilines is 2. The standard InChI is InChI=1S/C19H18N4/c1-12(2)13-6-5-7-14(10-13)22-18-17-15-8-3-4-9-16(15)23-19(17)21-11-20-18/h3-12H,1-2H3,(H2,20,21,22,23). The Bertz CT molecular complexity index is 985. The highest BCUT2D eigenvalue weighted by atomic mass is 15.0. The first-order valence-corrected chi connectivity index (χ1v) is 7.81. The molecule has 23 heavy (non-hydrogen) atoms. The summed E-state index contributed by atoms with van der Waals surface area (Å²) in [5, 5.41) is 5.61. The van der Waals surface area contributed by atoms with Crippen LogP contribution in [-0.4, -0.2) is 15.0 Å². The fourth-order valence-electron chi connectivity index (χ4n) is 2.88. The third kappa shape index (κ3) is 2.42. The van der Waals surface area contributed by atoms with Crippen molar-refractivity contribution < 1.29 is 0 Å². The summed E-state index contributed by atoms with van der Waals surface area (Å²) in [5.74, 6) is 1.32. The second-order valence-corrected chi connectivity index (χ2v) is 6.02. The van der Waals surface area contributed by atoms with E-state index in [0.29, 0.717) is 5.92 Å². The molecule has 2 N–H and O–H groups in total. The smallest absolute Gasteiger partial charge is 0.143 e. The summed E-state index contributed by atoms with van der Waals surface area (Å²) >= 11 is 0. The molecule has 0 unspecified atom stereocenters. The summed E-state index contributed by atoms with van der Waals surface area (Å²) in [6.45, 7) is 4.39. The number of aromatic amines is 1. The molecule has 2 heterocycles. The van der Waals surface area contributed by atoms with Gasteiger partial charge in [0.05, 0.1) is 5.39 Å². The van der Waals surface area contributed by atoms with Gasteiger partial charge in [-0.05, 0) is 29.7 Å². The lowest BCUT2D eigenvalue weighted by Gasteiger charge is -2.10. The van der Waals surface area contributed by atoms with Crippen LogP contribution in [0.1, 0.15) is 25.3 Å². The molecule has 0 saturated heterocycles. The minimum atomic E-state index is 0.496. The van der Waals surface area contributed by atoms with Crippen LogP contribution < -0.4 is 5.32 Å². The largest absolute Gasteiger partial charge is 0.340 e. The number of hydrogen-bond acceptors (Lipinski definition) is 3. The first kappa shape index (κ1) is 13.8. The van der Waals surface area contributed by atoms with E-state index in [9.17, 15) is 0 Å². The second kappa shape index (κ2) is 5.39. The molecule has 114 valence electrons. The molecule has 0 aliphatic rings. The summed E-state index contributed by atoms with van der Waals surface area (Å²) < 4.78 is 0. The highest BCUT2D eigenvalue weighted by Gasteiger charge is 2.11. The van der Waals surface area contributed by atoms with E-state index < -0.39 is 0 Å². The monoisotopic (exact) mass is 302 g/mol. The van der Waals surface area contributed by atoms with Gasteiger partial charge in [-0.3, -0.25) is 0 Å². The van der Waals surface area contributed by atoms with Gasteiger partial charge in [0.1, 0.15) is 17.8 Å². The summed E-state index contributed by atoms with van der Waals surface area (Å²) in [6, 6.07) is 16.7. The minimum Gasteiger partial charge on any atom is -0.340 e. The van der Waals surface area contributed by atoms with Gasteiger partial charge in [-0.1, -0.05) is 44.2 Å². The fourth-order valence-corrected chi connectivity index (χ4v) is 2.88.